The fourth-order valence-corrected chi connectivity index (χ4v) is 4.33. The number of anilines is 2. The van der Waals surface area contributed by atoms with Gasteiger partial charge in [0.25, 0.3) is 5.91 Å². The molecule has 2 aromatic carbocycles. The van der Waals surface area contributed by atoms with Crippen molar-refractivity contribution in [2.45, 2.75) is 6.42 Å². The van der Waals surface area contributed by atoms with Gasteiger partial charge in [0, 0.05) is 29.5 Å². The third kappa shape index (κ3) is 5.05. The van der Waals surface area contributed by atoms with E-state index in [9.17, 15) is 9.59 Å². The number of ether oxygens (including phenoxy) is 2. The standard InChI is InChI=1S/C22H19Cl2N3O4S/c1-30-7-6-21-26-17(12-32-21)13-2-5-19-18(8-13)27(22(29)11-31-19)10-20(28)25-16-9-14(23)3-4-15(16)24/h2-5,8-9,12H,6-7,10-11H2,1H3,(H,25,28). The van der Waals surface area contributed by atoms with E-state index in [0.29, 0.717) is 33.8 Å². The van der Waals surface area contributed by atoms with Gasteiger partial charge in [-0.1, -0.05) is 23.2 Å². The van der Waals surface area contributed by atoms with Crippen molar-refractivity contribution in [3.05, 3.63) is 56.8 Å². The van der Waals surface area contributed by atoms with E-state index in [2.05, 4.69) is 10.3 Å². The highest BCUT2D eigenvalue weighted by Gasteiger charge is 2.28. The summed E-state index contributed by atoms with van der Waals surface area (Å²) in [5, 5.41) is 6.41. The molecule has 0 unspecified atom stereocenters. The van der Waals surface area contributed by atoms with Gasteiger partial charge in [-0.25, -0.2) is 4.98 Å². The molecule has 1 aromatic heterocycles. The average molecular weight is 492 g/mol. The number of rotatable bonds is 7. The fraction of sp³-hybridized carbons (Fsp3) is 0.227. The molecule has 0 atom stereocenters. The van der Waals surface area contributed by atoms with Gasteiger partial charge < -0.3 is 14.8 Å². The highest BCUT2D eigenvalue weighted by atomic mass is 35.5. The van der Waals surface area contributed by atoms with Crippen LogP contribution in [0.1, 0.15) is 5.01 Å². The Balaban J connectivity index is 1.56. The van der Waals surface area contributed by atoms with E-state index < -0.39 is 5.91 Å². The van der Waals surface area contributed by atoms with Gasteiger partial charge in [0.15, 0.2) is 6.61 Å². The molecule has 0 bridgehead atoms. The smallest absolute Gasteiger partial charge is 0.265 e. The van der Waals surface area contributed by atoms with Crippen molar-refractivity contribution in [1.29, 1.82) is 0 Å². The van der Waals surface area contributed by atoms with Gasteiger partial charge in [0.1, 0.15) is 12.3 Å². The Hall–Kier alpha value is -2.65. The van der Waals surface area contributed by atoms with Crippen molar-refractivity contribution in [1.82, 2.24) is 4.98 Å². The quantitative estimate of drug-likeness (QED) is 0.519. The lowest BCUT2D eigenvalue weighted by Crippen LogP contribution is -2.43. The third-order valence-corrected chi connectivity index (χ3v) is 6.25. The van der Waals surface area contributed by atoms with Crippen LogP contribution < -0.4 is 15.0 Å². The molecular weight excluding hydrogens is 473 g/mol. The number of methoxy groups -OCH3 is 1. The molecule has 7 nitrogen and oxygen atoms in total. The highest BCUT2D eigenvalue weighted by Crippen LogP contribution is 2.36. The average Bonchev–Trinajstić information content (AvgIpc) is 3.25. The van der Waals surface area contributed by atoms with Crippen molar-refractivity contribution < 1.29 is 19.1 Å². The molecule has 32 heavy (non-hydrogen) atoms. The summed E-state index contributed by atoms with van der Waals surface area (Å²) < 4.78 is 10.7. The predicted molar refractivity (Wildman–Crippen MR) is 126 cm³/mol. The molecule has 0 saturated carbocycles. The molecule has 0 fully saturated rings. The maximum Gasteiger partial charge on any atom is 0.265 e. The van der Waals surface area contributed by atoms with Gasteiger partial charge in [-0.05, 0) is 36.4 Å². The lowest BCUT2D eigenvalue weighted by atomic mass is 10.1. The van der Waals surface area contributed by atoms with Crippen LogP contribution in [0.4, 0.5) is 11.4 Å². The number of benzene rings is 2. The number of halogens is 2. The van der Waals surface area contributed by atoms with Crippen LogP contribution in [0.15, 0.2) is 41.8 Å². The van der Waals surface area contributed by atoms with Gasteiger partial charge in [0.05, 0.1) is 33.7 Å². The molecule has 0 aliphatic carbocycles. The second-order valence-electron chi connectivity index (χ2n) is 6.99. The fourth-order valence-electron chi connectivity index (χ4n) is 3.21. The van der Waals surface area contributed by atoms with Crippen LogP contribution >= 0.6 is 34.5 Å². The van der Waals surface area contributed by atoms with Gasteiger partial charge in [-0.3, -0.25) is 14.5 Å². The summed E-state index contributed by atoms with van der Waals surface area (Å²) in [6.45, 7) is 0.256. The minimum Gasteiger partial charge on any atom is -0.482 e. The first-order chi connectivity index (χ1) is 15.4. The number of aromatic nitrogens is 1. The minimum atomic E-state index is -0.406. The molecular formula is C22H19Cl2N3O4S. The Bertz CT molecular complexity index is 1170. The summed E-state index contributed by atoms with van der Waals surface area (Å²) in [5.41, 5.74) is 2.50. The Morgan fingerprint density at radius 3 is 2.94 bits per heavy atom. The number of thiazole rings is 1. The van der Waals surface area contributed by atoms with E-state index >= 15 is 0 Å². The zero-order valence-electron chi connectivity index (χ0n) is 17.1. The zero-order valence-corrected chi connectivity index (χ0v) is 19.4. The topological polar surface area (TPSA) is 80.8 Å². The lowest BCUT2D eigenvalue weighted by molar-refractivity contribution is -0.123. The Morgan fingerprint density at radius 1 is 1.28 bits per heavy atom. The molecule has 10 heteroatoms. The Morgan fingerprint density at radius 2 is 2.12 bits per heavy atom. The number of nitrogens with zero attached hydrogens (tertiary/aromatic N) is 2. The van der Waals surface area contributed by atoms with Crippen molar-refractivity contribution in [2.24, 2.45) is 0 Å². The van der Waals surface area contributed by atoms with Gasteiger partial charge in [-0.15, -0.1) is 11.3 Å². The Kier molecular flexibility index (Phi) is 6.95. The molecule has 166 valence electrons. The summed E-state index contributed by atoms with van der Waals surface area (Å²) in [5.74, 6) is -0.200. The van der Waals surface area contributed by atoms with Crippen molar-refractivity contribution in [3.63, 3.8) is 0 Å². The second kappa shape index (κ2) is 9.87. The monoisotopic (exact) mass is 491 g/mol. The van der Waals surface area contributed by atoms with Gasteiger partial charge >= 0.3 is 0 Å². The number of hydrogen-bond donors (Lipinski definition) is 1. The van der Waals surface area contributed by atoms with E-state index in [-0.39, 0.29) is 19.1 Å². The normalized spacial score (nSPS) is 13.0. The zero-order chi connectivity index (χ0) is 22.7. The highest BCUT2D eigenvalue weighted by molar-refractivity contribution is 7.09. The van der Waals surface area contributed by atoms with Crippen molar-refractivity contribution in [2.75, 3.05) is 37.1 Å². The molecule has 1 aliphatic heterocycles. The predicted octanol–water partition coefficient (Wildman–Crippen LogP) is 4.67. The molecule has 0 saturated heterocycles. The summed E-state index contributed by atoms with van der Waals surface area (Å²) >= 11 is 13.7. The SMILES string of the molecule is COCCc1nc(-c2ccc3c(c2)N(CC(=O)Nc2cc(Cl)ccc2Cl)C(=O)CO3)cs1. The van der Waals surface area contributed by atoms with Crippen LogP contribution in [0.5, 0.6) is 5.75 Å². The number of hydrogen-bond acceptors (Lipinski definition) is 6. The molecule has 0 radical (unpaired) electrons. The number of amides is 2. The maximum atomic E-state index is 12.7. The summed E-state index contributed by atoms with van der Waals surface area (Å²) in [6.07, 6.45) is 0.728. The summed E-state index contributed by atoms with van der Waals surface area (Å²) in [4.78, 5) is 31.3. The molecule has 2 amide bonds. The van der Waals surface area contributed by atoms with Crippen LogP contribution in [-0.4, -0.2) is 43.7 Å². The first-order valence-corrected chi connectivity index (χ1v) is 11.3. The first-order valence-electron chi connectivity index (χ1n) is 9.70. The molecule has 2 heterocycles. The summed E-state index contributed by atoms with van der Waals surface area (Å²) in [6, 6.07) is 10.2. The lowest BCUT2D eigenvalue weighted by Gasteiger charge is -2.29. The van der Waals surface area contributed by atoms with Crippen LogP contribution in [-0.2, 0) is 20.7 Å². The van der Waals surface area contributed by atoms with E-state index in [1.54, 1.807) is 48.8 Å². The molecule has 0 spiro atoms. The Labute approximate surface area is 198 Å². The number of nitrogens with one attached hydrogen (secondary N) is 1. The number of carbonyl (C=O) groups is 2. The largest absolute Gasteiger partial charge is 0.482 e. The number of carbonyl (C=O) groups excluding carboxylic acids is 2. The van der Waals surface area contributed by atoms with Gasteiger partial charge in [0.2, 0.25) is 5.91 Å². The maximum absolute atomic E-state index is 12.7. The number of fused-ring (bicyclic) bond motifs is 1. The van der Waals surface area contributed by atoms with Crippen LogP contribution in [0.2, 0.25) is 10.0 Å². The van der Waals surface area contributed by atoms with E-state index in [4.69, 9.17) is 32.7 Å². The second-order valence-corrected chi connectivity index (χ2v) is 8.78. The van der Waals surface area contributed by atoms with Crippen molar-refractivity contribution in [3.8, 4) is 17.0 Å². The first kappa shape index (κ1) is 22.5. The van der Waals surface area contributed by atoms with E-state index in [0.717, 1.165) is 22.7 Å². The van der Waals surface area contributed by atoms with E-state index in [1.807, 2.05) is 11.4 Å². The third-order valence-electron chi connectivity index (χ3n) is 4.77. The van der Waals surface area contributed by atoms with Gasteiger partial charge in [-0.2, -0.15) is 0 Å². The van der Waals surface area contributed by atoms with E-state index in [1.165, 1.54) is 4.90 Å². The summed E-state index contributed by atoms with van der Waals surface area (Å²) in [7, 11) is 1.65. The minimum absolute atomic E-state index is 0.143. The molecule has 4 rings (SSSR count). The molecule has 3 aromatic rings. The van der Waals surface area contributed by atoms with Crippen LogP contribution in [0, 0.1) is 0 Å². The van der Waals surface area contributed by atoms with Crippen molar-refractivity contribution >= 4 is 57.7 Å². The van der Waals surface area contributed by atoms with Crippen LogP contribution in [0.3, 0.4) is 0 Å². The molecule has 1 N–H and O–H groups in total. The molecule has 1 aliphatic rings. The van der Waals surface area contributed by atoms with Crippen LogP contribution in [0.25, 0.3) is 11.3 Å².